The van der Waals surface area contributed by atoms with E-state index in [1.165, 1.54) is 0 Å². The molecular weight excluding hydrogens is 172 g/mol. The molecule has 0 aromatic carbocycles. The Hall–Kier alpha value is -1.68. The highest BCUT2D eigenvalue weighted by Gasteiger charge is 2.33. The Balaban J connectivity index is 2.21. The van der Waals surface area contributed by atoms with Crippen LogP contribution in [-0.4, -0.2) is 24.3 Å². The third-order valence-electron chi connectivity index (χ3n) is 2.17. The van der Waals surface area contributed by atoms with Crippen molar-refractivity contribution >= 4 is 6.09 Å². The minimum atomic E-state index is -0.441. The zero-order valence-corrected chi connectivity index (χ0v) is 6.75. The van der Waals surface area contributed by atoms with Gasteiger partial charge in [0.05, 0.1) is 6.04 Å². The molecule has 0 spiro atoms. The molecular formula is C7H8N4O2. The highest BCUT2D eigenvalue weighted by atomic mass is 16.6. The molecule has 0 saturated carbocycles. The smallest absolute Gasteiger partial charge is 0.407 e. The standard InChI is InChI=1S/C7H8N4O2/c8-11-10-5-2-1-4-3-6(5)9-7(12)13-4/h1-2,4-6H,3H2,(H,9,12)/t4-,5-,6-/m0/s1. The van der Waals surface area contributed by atoms with E-state index in [-0.39, 0.29) is 18.2 Å². The van der Waals surface area contributed by atoms with Crippen molar-refractivity contribution in [2.24, 2.45) is 5.11 Å². The molecule has 1 fully saturated rings. The summed E-state index contributed by atoms with van der Waals surface area (Å²) in [5, 5.41) is 6.17. The second-order valence-electron chi connectivity index (χ2n) is 3.01. The first-order valence-electron chi connectivity index (χ1n) is 3.99. The Bertz CT molecular complexity index is 308. The van der Waals surface area contributed by atoms with Gasteiger partial charge in [0.15, 0.2) is 0 Å². The first kappa shape index (κ1) is 7.94. The average Bonchev–Trinajstić information content (AvgIpc) is 2.10. The van der Waals surface area contributed by atoms with Gasteiger partial charge in [-0.2, -0.15) is 0 Å². The second-order valence-corrected chi connectivity index (χ2v) is 3.01. The maximum absolute atomic E-state index is 10.9. The fourth-order valence-electron chi connectivity index (χ4n) is 1.57. The summed E-state index contributed by atoms with van der Waals surface area (Å²) >= 11 is 0. The van der Waals surface area contributed by atoms with Gasteiger partial charge in [0.1, 0.15) is 6.10 Å². The maximum atomic E-state index is 10.9. The van der Waals surface area contributed by atoms with Crippen molar-refractivity contribution in [2.45, 2.75) is 24.6 Å². The second kappa shape index (κ2) is 2.99. The number of alkyl carbamates (subject to hydrolysis) is 1. The van der Waals surface area contributed by atoms with Crippen molar-refractivity contribution in [3.8, 4) is 0 Å². The summed E-state index contributed by atoms with van der Waals surface area (Å²) in [6.07, 6.45) is 3.59. The van der Waals surface area contributed by atoms with Crippen molar-refractivity contribution in [3.63, 3.8) is 0 Å². The van der Waals surface area contributed by atoms with Crippen LogP contribution >= 0.6 is 0 Å². The zero-order chi connectivity index (χ0) is 9.26. The molecule has 3 atom stereocenters. The van der Waals surface area contributed by atoms with Crippen LogP contribution in [0.1, 0.15) is 6.42 Å². The SMILES string of the molecule is [N-]=[N+]=N[C@H]1C=C[C@H]2C[C@@H]1NC(=O)O2. The molecule has 2 aliphatic rings. The lowest BCUT2D eigenvalue weighted by Gasteiger charge is -2.34. The molecule has 13 heavy (non-hydrogen) atoms. The van der Waals surface area contributed by atoms with E-state index in [1.807, 2.05) is 0 Å². The Kier molecular flexibility index (Phi) is 1.83. The number of amides is 1. The fourth-order valence-corrected chi connectivity index (χ4v) is 1.57. The molecule has 2 rings (SSSR count). The summed E-state index contributed by atoms with van der Waals surface area (Å²) in [6.45, 7) is 0. The molecule has 1 amide bonds. The summed E-state index contributed by atoms with van der Waals surface area (Å²) < 4.78 is 4.91. The van der Waals surface area contributed by atoms with Crippen LogP contribution in [0.4, 0.5) is 4.79 Å². The van der Waals surface area contributed by atoms with Crippen LogP contribution in [0.25, 0.3) is 10.4 Å². The lowest BCUT2D eigenvalue weighted by molar-refractivity contribution is 0.0753. The molecule has 1 aliphatic carbocycles. The summed E-state index contributed by atoms with van der Waals surface area (Å²) in [7, 11) is 0. The molecule has 1 aliphatic heterocycles. The highest BCUT2D eigenvalue weighted by Crippen LogP contribution is 2.21. The summed E-state index contributed by atoms with van der Waals surface area (Å²) in [4.78, 5) is 13.6. The largest absolute Gasteiger partial charge is 0.442 e. The molecule has 0 aromatic heterocycles. The van der Waals surface area contributed by atoms with Gasteiger partial charge in [-0.25, -0.2) is 4.79 Å². The van der Waals surface area contributed by atoms with E-state index in [0.717, 1.165) is 0 Å². The monoisotopic (exact) mass is 180 g/mol. The number of nitrogens with zero attached hydrogens (tertiary/aromatic N) is 3. The van der Waals surface area contributed by atoms with Crippen LogP contribution in [0.5, 0.6) is 0 Å². The van der Waals surface area contributed by atoms with Crippen LogP contribution in [-0.2, 0) is 4.74 Å². The summed E-state index contributed by atoms with van der Waals surface area (Å²) in [5.41, 5.74) is 8.26. The number of carbonyl (C=O) groups is 1. The van der Waals surface area contributed by atoms with Gasteiger partial charge in [-0.15, -0.1) is 0 Å². The predicted octanol–water partition coefficient (Wildman–Crippen LogP) is 1.10. The Morgan fingerprint density at radius 2 is 2.54 bits per heavy atom. The third-order valence-corrected chi connectivity index (χ3v) is 2.17. The van der Waals surface area contributed by atoms with Gasteiger partial charge in [0.2, 0.25) is 0 Å². The van der Waals surface area contributed by atoms with Gasteiger partial charge in [0, 0.05) is 17.4 Å². The molecule has 1 saturated heterocycles. The Morgan fingerprint density at radius 1 is 1.69 bits per heavy atom. The zero-order valence-electron chi connectivity index (χ0n) is 6.75. The summed E-state index contributed by atoms with van der Waals surface area (Å²) in [5.74, 6) is 0. The molecule has 0 unspecified atom stereocenters. The van der Waals surface area contributed by atoms with E-state index < -0.39 is 6.09 Å². The van der Waals surface area contributed by atoms with E-state index in [0.29, 0.717) is 6.42 Å². The highest BCUT2D eigenvalue weighted by molar-refractivity contribution is 5.69. The van der Waals surface area contributed by atoms with E-state index in [2.05, 4.69) is 15.3 Å². The van der Waals surface area contributed by atoms with Crippen molar-refractivity contribution in [3.05, 3.63) is 22.6 Å². The van der Waals surface area contributed by atoms with Crippen LogP contribution in [0.3, 0.4) is 0 Å². The minimum Gasteiger partial charge on any atom is -0.442 e. The van der Waals surface area contributed by atoms with Crippen molar-refractivity contribution in [1.82, 2.24) is 5.32 Å². The minimum absolute atomic E-state index is 0.118. The van der Waals surface area contributed by atoms with Crippen molar-refractivity contribution < 1.29 is 9.53 Å². The maximum Gasteiger partial charge on any atom is 0.407 e. The Labute approximate surface area is 74.2 Å². The van der Waals surface area contributed by atoms with Crippen molar-refractivity contribution in [2.75, 3.05) is 0 Å². The van der Waals surface area contributed by atoms with Crippen molar-refractivity contribution in [1.29, 1.82) is 0 Å². The number of fused-ring (bicyclic) bond motifs is 2. The van der Waals surface area contributed by atoms with Crippen LogP contribution in [0.15, 0.2) is 17.3 Å². The van der Waals surface area contributed by atoms with Gasteiger partial charge in [-0.3, -0.25) is 0 Å². The van der Waals surface area contributed by atoms with Crippen LogP contribution in [0.2, 0.25) is 0 Å². The molecule has 6 nitrogen and oxygen atoms in total. The number of hydrogen-bond acceptors (Lipinski definition) is 3. The first-order chi connectivity index (χ1) is 6.29. The quantitative estimate of drug-likeness (QED) is 0.283. The van der Waals surface area contributed by atoms with E-state index >= 15 is 0 Å². The normalized spacial score (nSPS) is 35.7. The molecule has 1 heterocycles. The van der Waals surface area contributed by atoms with Gasteiger partial charge in [-0.05, 0) is 11.6 Å². The molecule has 0 radical (unpaired) electrons. The van der Waals surface area contributed by atoms with Gasteiger partial charge < -0.3 is 10.1 Å². The summed E-state index contributed by atoms with van der Waals surface area (Å²) in [6, 6.07) is -0.402. The lowest BCUT2D eigenvalue weighted by atomic mass is 9.94. The lowest BCUT2D eigenvalue weighted by Crippen LogP contribution is -2.51. The molecule has 6 heteroatoms. The number of nitrogens with one attached hydrogen (secondary N) is 1. The Morgan fingerprint density at radius 3 is 3.31 bits per heavy atom. The van der Waals surface area contributed by atoms with Gasteiger partial charge in [-0.1, -0.05) is 11.2 Å². The van der Waals surface area contributed by atoms with Crippen LogP contribution < -0.4 is 5.32 Å². The number of carbonyl (C=O) groups excluding carboxylic acids is 1. The molecule has 2 bridgehead atoms. The first-order valence-corrected chi connectivity index (χ1v) is 3.99. The topological polar surface area (TPSA) is 87.1 Å². The number of azide groups is 1. The molecule has 1 N–H and O–H groups in total. The average molecular weight is 180 g/mol. The van der Waals surface area contributed by atoms with E-state index in [1.54, 1.807) is 12.2 Å². The third kappa shape index (κ3) is 1.43. The number of rotatable bonds is 1. The number of hydrogen-bond donors (Lipinski definition) is 1. The van der Waals surface area contributed by atoms with E-state index in [9.17, 15) is 4.79 Å². The molecule has 0 aromatic rings. The fraction of sp³-hybridized carbons (Fsp3) is 0.571. The number of ether oxygens (including phenoxy) is 1. The van der Waals surface area contributed by atoms with Gasteiger partial charge >= 0.3 is 6.09 Å². The predicted molar refractivity (Wildman–Crippen MR) is 43.9 cm³/mol. The van der Waals surface area contributed by atoms with Crippen LogP contribution in [0, 0.1) is 0 Å². The molecule has 68 valence electrons. The van der Waals surface area contributed by atoms with E-state index in [4.69, 9.17) is 10.3 Å². The van der Waals surface area contributed by atoms with Gasteiger partial charge in [0.25, 0.3) is 0 Å².